The van der Waals surface area contributed by atoms with E-state index in [2.05, 4.69) is 10.6 Å². The van der Waals surface area contributed by atoms with E-state index in [1.165, 1.54) is 0 Å². The molecule has 0 aromatic heterocycles. The molecule has 0 unspecified atom stereocenters. The van der Waals surface area contributed by atoms with Gasteiger partial charge in [0.05, 0.1) is 28.4 Å². The zero-order valence-corrected chi connectivity index (χ0v) is 19.6. The Morgan fingerprint density at radius 1 is 0.656 bits per heavy atom. The summed E-state index contributed by atoms with van der Waals surface area (Å²) in [5, 5.41) is 5.32. The van der Waals surface area contributed by atoms with Crippen LogP contribution in [-0.4, -0.2) is 53.3 Å². The smallest absolute Gasteiger partial charge is 0.309 e. The largest absolute Gasteiger partial charge is 0.493 e. The predicted octanol–water partition coefficient (Wildman–Crippen LogP) is 2.36. The monoisotopic (exact) mass is 444 g/mol. The molecule has 0 radical (unpaired) electrons. The second kappa shape index (κ2) is 11.8. The number of hydrogen-bond donors (Lipinski definition) is 2. The van der Waals surface area contributed by atoms with Gasteiger partial charge in [-0.05, 0) is 61.1 Å². The third-order valence-corrected chi connectivity index (χ3v) is 5.38. The van der Waals surface area contributed by atoms with Crippen molar-refractivity contribution in [1.29, 1.82) is 0 Å². The standard InChI is InChI=1S/C24H32N2O6/c1-15-17(7-9-19(29-3)21(15)31-5)11-13-25-23(27)24(28)26-14-12-18-8-10-20(30-4)22(32-6)16(18)2/h7-10H,11-14H2,1-6H3,(H,25,27)(H,26,28). The van der Waals surface area contributed by atoms with Gasteiger partial charge in [-0.25, -0.2) is 0 Å². The van der Waals surface area contributed by atoms with Gasteiger partial charge in [-0.15, -0.1) is 0 Å². The Hall–Kier alpha value is -3.42. The molecule has 2 aromatic carbocycles. The minimum atomic E-state index is -0.660. The molecule has 2 rings (SSSR count). The summed E-state index contributed by atoms with van der Waals surface area (Å²) in [6.07, 6.45) is 1.13. The van der Waals surface area contributed by atoms with E-state index >= 15 is 0 Å². The second-order valence-corrected chi connectivity index (χ2v) is 7.18. The third kappa shape index (κ3) is 5.84. The highest BCUT2D eigenvalue weighted by molar-refractivity contribution is 6.35. The lowest BCUT2D eigenvalue weighted by Gasteiger charge is -2.15. The van der Waals surface area contributed by atoms with Gasteiger partial charge in [0.2, 0.25) is 0 Å². The second-order valence-electron chi connectivity index (χ2n) is 7.18. The molecular formula is C24H32N2O6. The van der Waals surface area contributed by atoms with Crippen LogP contribution in [0.3, 0.4) is 0 Å². The highest BCUT2D eigenvalue weighted by Gasteiger charge is 2.15. The van der Waals surface area contributed by atoms with Gasteiger partial charge >= 0.3 is 11.8 Å². The number of ether oxygens (including phenoxy) is 4. The van der Waals surface area contributed by atoms with Crippen LogP contribution in [0, 0.1) is 13.8 Å². The first-order chi connectivity index (χ1) is 15.4. The van der Waals surface area contributed by atoms with Gasteiger partial charge in [0, 0.05) is 13.1 Å². The fourth-order valence-electron chi connectivity index (χ4n) is 3.57. The molecule has 2 N–H and O–H groups in total. The van der Waals surface area contributed by atoms with E-state index in [-0.39, 0.29) is 0 Å². The molecule has 32 heavy (non-hydrogen) atoms. The van der Waals surface area contributed by atoms with Gasteiger partial charge in [0.25, 0.3) is 0 Å². The topological polar surface area (TPSA) is 95.1 Å². The number of hydrogen-bond acceptors (Lipinski definition) is 6. The fraction of sp³-hybridized carbons (Fsp3) is 0.417. The Kier molecular flexibility index (Phi) is 9.19. The summed E-state index contributed by atoms with van der Waals surface area (Å²) < 4.78 is 21.4. The van der Waals surface area contributed by atoms with Crippen LogP contribution < -0.4 is 29.6 Å². The van der Waals surface area contributed by atoms with Crippen LogP contribution in [0.25, 0.3) is 0 Å². The lowest BCUT2D eigenvalue weighted by molar-refractivity contribution is -0.139. The molecule has 174 valence electrons. The Balaban J connectivity index is 1.84. The molecule has 0 heterocycles. The SMILES string of the molecule is COc1ccc(CCNC(=O)C(=O)NCCc2ccc(OC)c(OC)c2C)c(C)c1OC. The van der Waals surface area contributed by atoms with Gasteiger partial charge in [0.15, 0.2) is 23.0 Å². The van der Waals surface area contributed by atoms with Gasteiger partial charge in [-0.1, -0.05) is 12.1 Å². The van der Waals surface area contributed by atoms with Crippen molar-refractivity contribution in [2.45, 2.75) is 26.7 Å². The summed E-state index contributed by atoms with van der Waals surface area (Å²) in [6, 6.07) is 7.50. The molecule has 0 bridgehead atoms. The van der Waals surface area contributed by atoms with Crippen LogP contribution in [0.1, 0.15) is 22.3 Å². The number of carbonyl (C=O) groups excluding carboxylic acids is 2. The van der Waals surface area contributed by atoms with Gasteiger partial charge < -0.3 is 29.6 Å². The summed E-state index contributed by atoms with van der Waals surface area (Å²) in [5.41, 5.74) is 3.89. The quantitative estimate of drug-likeness (QED) is 0.547. The maximum absolute atomic E-state index is 12.1. The molecule has 0 atom stereocenters. The van der Waals surface area contributed by atoms with E-state index in [1.54, 1.807) is 28.4 Å². The highest BCUT2D eigenvalue weighted by atomic mass is 16.5. The van der Waals surface area contributed by atoms with Crippen LogP contribution in [0.15, 0.2) is 24.3 Å². The number of methoxy groups -OCH3 is 4. The van der Waals surface area contributed by atoms with Crippen molar-refractivity contribution in [2.75, 3.05) is 41.5 Å². The molecule has 2 aromatic rings. The lowest BCUT2D eigenvalue weighted by Crippen LogP contribution is -2.41. The van der Waals surface area contributed by atoms with E-state index in [9.17, 15) is 9.59 Å². The molecule has 0 fully saturated rings. The minimum Gasteiger partial charge on any atom is -0.493 e. The van der Waals surface area contributed by atoms with Crippen LogP contribution in [-0.2, 0) is 22.4 Å². The minimum absolute atomic E-state index is 0.331. The zero-order valence-electron chi connectivity index (χ0n) is 19.6. The number of benzene rings is 2. The zero-order chi connectivity index (χ0) is 23.7. The normalized spacial score (nSPS) is 10.3. The molecule has 8 heteroatoms. The first-order valence-corrected chi connectivity index (χ1v) is 10.3. The predicted molar refractivity (Wildman–Crippen MR) is 122 cm³/mol. The molecule has 8 nitrogen and oxygen atoms in total. The van der Waals surface area contributed by atoms with E-state index in [4.69, 9.17) is 18.9 Å². The van der Waals surface area contributed by atoms with Gasteiger partial charge in [-0.3, -0.25) is 9.59 Å². The summed E-state index contributed by atoms with van der Waals surface area (Å²) in [7, 11) is 6.35. The van der Waals surface area contributed by atoms with E-state index < -0.39 is 11.8 Å². The van der Waals surface area contributed by atoms with Crippen LogP contribution in [0.5, 0.6) is 23.0 Å². The van der Waals surface area contributed by atoms with E-state index in [0.29, 0.717) is 48.9 Å². The molecule has 2 amide bonds. The van der Waals surface area contributed by atoms with Crippen molar-refractivity contribution >= 4 is 11.8 Å². The number of rotatable bonds is 10. The van der Waals surface area contributed by atoms with E-state index in [1.807, 2.05) is 38.1 Å². The van der Waals surface area contributed by atoms with Crippen LogP contribution in [0.4, 0.5) is 0 Å². The van der Waals surface area contributed by atoms with E-state index in [0.717, 1.165) is 22.3 Å². The van der Waals surface area contributed by atoms with Crippen molar-refractivity contribution in [3.63, 3.8) is 0 Å². The fourth-order valence-corrected chi connectivity index (χ4v) is 3.57. The maximum Gasteiger partial charge on any atom is 0.309 e. The first-order valence-electron chi connectivity index (χ1n) is 10.3. The molecule has 0 aliphatic heterocycles. The lowest BCUT2D eigenvalue weighted by atomic mass is 10.0. The molecule has 0 saturated heterocycles. The maximum atomic E-state index is 12.1. The molecular weight excluding hydrogens is 412 g/mol. The Labute approximate surface area is 189 Å². The average Bonchev–Trinajstić information content (AvgIpc) is 2.80. The first kappa shape index (κ1) is 24.8. The van der Waals surface area contributed by atoms with Crippen LogP contribution >= 0.6 is 0 Å². The summed E-state index contributed by atoms with van der Waals surface area (Å²) >= 11 is 0. The number of nitrogens with one attached hydrogen (secondary N) is 2. The van der Waals surface area contributed by atoms with Gasteiger partial charge in [-0.2, -0.15) is 0 Å². The Bertz CT molecular complexity index is 880. The molecule has 0 saturated carbocycles. The van der Waals surface area contributed by atoms with Crippen molar-refractivity contribution in [1.82, 2.24) is 10.6 Å². The van der Waals surface area contributed by atoms with Crippen LogP contribution in [0.2, 0.25) is 0 Å². The van der Waals surface area contributed by atoms with Crippen molar-refractivity contribution in [3.05, 3.63) is 46.5 Å². The summed E-state index contributed by atoms with van der Waals surface area (Å²) in [5.74, 6) is 1.32. The average molecular weight is 445 g/mol. The Morgan fingerprint density at radius 3 is 1.34 bits per heavy atom. The summed E-state index contributed by atoms with van der Waals surface area (Å²) in [6.45, 7) is 4.53. The van der Waals surface area contributed by atoms with Crippen molar-refractivity contribution in [2.24, 2.45) is 0 Å². The molecule has 0 aliphatic rings. The van der Waals surface area contributed by atoms with Crippen molar-refractivity contribution < 1.29 is 28.5 Å². The summed E-state index contributed by atoms with van der Waals surface area (Å²) in [4.78, 5) is 24.3. The molecule has 0 aliphatic carbocycles. The number of amides is 2. The highest BCUT2D eigenvalue weighted by Crippen LogP contribution is 2.33. The Morgan fingerprint density at radius 2 is 1.03 bits per heavy atom. The van der Waals surface area contributed by atoms with Gasteiger partial charge in [0.1, 0.15) is 0 Å². The van der Waals surface area contributed by atoms with Crippen molar-refractivity contribution in [3.8, 4) is 23.0 Å². The number of carbonyl (C=O) groups is 2. The molecule has 0 spiro atoms. The third-order valence-electron chi connectivity index (χ3n) is 5.38.